The molecule has 0 saturated heterocycles. The summed E-state index contributed by atoms with van der Waals surface area (Å²) >= 11 is 6.00. The van der Waals surface area contributed by atoms with Crippen molar-refractivity contribution in [2.75, 3.05) is 10.5 Å². The van der Waals surface area contributed by atoms with Gasteiger partial charge in [-0.25, -0.2) is 8.42 Å². The Morgan fingerprint density at radius 3 is 2.42 bits per heavy atom. The summed E-state index contributed by atoms with van der Waals surface area (Å²) in [6, 6.07) is 11.4. The van der Waals surface area contributed by atoms with Crippen LogP contribution in [0.1, 0.15) is 5.56 Å². The van der Waals surface area contributed by atoms with E-state index in [2.05, 4.69) is 4.72 Å². The molecular formula is C13H13ClN2O2S. The van der Waals surface area contributed by atoms with Crippen LogP contribution < -0.4 is 10.5 Å². The van der Waals surface area contributed by atoms with Crippen molar-refractivity contribution in [3.05, 3.63) is 53.1 Å². The Morgan fingerprint density at radius 1 is 1.11 bits per heavy atom. The van der Waals surface area contributed by atoms with Crippen molar-refractivity contribution >= 4 is 33.0 Å². The number of nitrogens with two attached hydrogens (primary N) is 1. The average Bonchev–Trinajstić information content (AvgIpc) is 2.34. The van der Waals surface area contributed by atoms with Gasteiger partial charge in [-0.05, 0) is 30.7 Å². The number of nitrogens with one attached hydrogen (secondary N) is 1. The molecule has 19 heavy (non-hydrogen) atoms. The first-order valence-corrected chi connectivity index (χ1v) is 7.40. The van der Waals surface area contributed by atoms with Gasteiger partial charge in [0, 0.05) is 0 Å². The highest BCUT2D eigenvalue weighted by Crippen LogP contribution is 2.29. The maximum Gasteiger partial charge on any atom is 0.264 e. The normalized spacial score (nSPS) is 11.3. The molecule has 0 aliphatic heterocycles. The Kier molecular flexibility index (Phi) is 3.68. The first-order chi connectivity index (χ1) is 8.92. The van der Waals surface area contributed by atoms with Crippen LogP contribution in [0.15, 0.2) is 47.4 Å². The van der Waals surface area contributed by atoms with Crippen LogP contribution >= 0.6 is 11.6 Å². The van der Waals surface area contributed by atoms with Gasteiger partial charge >= 0.3 is 0 Å². The number of rotatable bonds is 3. The first kappa shape index (κ1) is 13.7. The molecule has 0 aromatic heterocycles. The molecule has 0 bridgehead atoms. The van der Waals surface area contributed by atoms with Gasteiger partial charge in [0.05, 0.1) is 16.4 Å². The van der Waals surface area contributed by atoms with E-state index in [0.717, 1.165) is 5.56 Å². The molecular weight excluding hydrogens is 284 g/mol. The van der Waals surface area contributed by atoms with E-state index in [1.165, 1.54) is 12.1 Å². The summed E-state index contributed by atoms with van der Waals surface area (Å²) in [7, 11) is -3.75. The second-order valence-electron chi connectivity index (χ2n) is 4.08. The molecule has 0 spiro atoms. The van der Waals surface area contributed by atoms with E-state index in [4.69, 9.17) is 17.3 Å². The Morgan fingerprint density at radius 2 is 1.79 bits per heavy atom. The predicted octanol–water partition coefficient (Wildman–Crippen LogP) is 3.03. The SMILES string of the molecule is Cc1cccc(Cl)c1NS(=O)(=O)c1ccccc1N. The van der Waals surface area contributed by atoms with Crippen LogP contribution in [-0.2, 0) is 10.0 Å². The Hall–Kier alpha value is -1.72. The molecule has 0 unspecified atom stereocenters. The molecule has 0 radical (unpaired) electrons. The summed E-state index contributed by atoms with van der Waals surface area (Å²) < 4.78 is 27.0. The number of benzene rings is 2. The number of nitrogen functional groups attached to an aromatic ring is 1. The maximum absolute atomic E-state index is 12.3. The van der Waals surface area contributed by atoms with Crippen LogP contribution in [0.5, 0.6) is 0 Å². The lowest BCUT2D eigenvalue weighted by molar-refractivity contribution is 0.601. The number of hydrogen-bond acceptors (Lipinski definition) is 3. The monoisotopic (exact) mass is 296 g/mol. The van der Waals surface area contributed by atoms with Gasteiger partial charge in [-0.2, -0.15) is 0 Å². The summed E-state index contributed by atoms with van der Waals surface area (Å²) in [6.07, 6.45) is 0. The van der Waals surface area contributed by atoms with Gasteiger partial charge in [0.25, 0.3) is 10.0 Å². The molecule has 0 aliphatic rings. The smallest absolute Gasteiger partial charge is 0.264 e. The fourth-order valence-electron chi connectivity index (χ4n) is 1.68. The highest BCUT2D eigenvalue weighted by molar-refractivity contribution is 7.92. The van der Waals surface area contributed by atoms with Crippen LogP contribution in [0.4, 0.5) is 11.4 Å². The third-order valence-corrected chi connectivity index (χ3v) is 4.41. The lowest BCUT2D eigenvalue weighted by atomic mass is 10.2. The summed E-state index contributed by atoms with van der Waals surface area (Å²) in [6.45, 7) is 1.78. The minimum Gasteiger partial charge on any atom is -0.398 e. The molecule has 3 N–H and O–H groups in total. The standard InChI is InChI=1S/C13H13ClN2O2S/c1-9-5-4-6-10(14)13(9)16-19(17,18)12-8-3-2-7-11(12)15/h2-8,16H,15H2,1H3. The number of sulfonamides is 1. The summed E-state index contributed by atoms with van der Waals surface area (Å²) in [5.74, 6) is 0. The van der Waals surface area contributed by atoms with Crippen molar-refractivity contribution in [3.8, 4) is 0 Å². The van der Waals surface area contributed by atoms with Gasteiger partial charge < -0.3 is 5.73 Å². The van der Waals surface area contributed by atoms with E-state index in [-0.39, 0.29) is 10.6 Å². The molecule has 0 aliphatic carbocycles. The summed E-state index contributed by atoms with van der Waals surface area (Å²) in [5.41, 5.74) is 6.99. The van der Waals surface area contributed by atoms with Gasteiger partial charge in [-0.3, -0.25) is 4.72 Å². The van der Waals surface area contributed by atoms with Gasteiger partial charge in [-0.1, -0.05) is 35.9 Å². The van der Waals surface area contributed by atoms with Crippen molar-refractivity contribution in [1.29, 1.82) is 0 Å². The van der Waals surface area contributed by atoms with Gasteiger partial charge in [0.15, 0.2) is 0 Å². The van der Waals surface area contributed by atoms with Crippen molar-refractivity contribution < 1.29 is 8.42 Å². The van der Waals surface area contributed by atoms with E-state index >= 15 is 0 Å². The van der Waals surface area contributed by atoms with Gasteiger partial charge in [0.1, 0.15) is 4.90 Å². The Bertz CT molecular complexity index is 694. The maximum atomic E-state index is 12.3. The summed E-state index contributed by atoms with van der Waals surface area (Å²) in [5, 5.41) is 0.345. The number of anilines is 2. The Labute approximate surface area is 117 Å². The van der Waals surface area contributed by atoms with Crippen LogP contribution in [0.25, 0.3) is 0 Å². The highest BCUT2D eigenvalue weighted by atomic mass is 35.5. The zero-order valence-electron chi connectivity index (χ0n) is 10.2. The number of hydrogen-bond donors (Lipinski definition) is 2. The molecule has 2 aromatic rings. The van der Waals surface area contributed by atoms with Crippen molar-refractivity contribution in [2.45, 2.75) is 11.8 Å². The summed E-state index contributed by atoms with van der Waals surface area (Å²) in [4.78, 5) is 0.0364. The molecule has 4 nitrogen and oxygen atoms in total. The second-order valence-corrected chi connectivity index (χ2v) is 6.13. The van der Waals surface area contributed by atoms with Crippen LogP contribution in [0.2, 0.25) is 5.02 Å². The van der Waals surface area contributed by atoms with E-state index < -0.39 is 10.0 Å². The number of para-hydroxylation sites is 2. The molecule has 6 heteroatoms. The van der Waals surface area contributed by atoms with Crippen LogP contribution in [0.3, 0.4) is 0 Å². The fourth-order valence-corrected chi connectivity index (χ4v) is 3.29. The largest absolute Gasteiger partial charge is 0.398 e. The molecule has 0 fully saturated rings. The highest BCUT2D eigenvalue weighted by Gasteiger charge is 2.19. The Balaban J connectivity index is 2.46. The van der Waals surface area contributed by atoms with Crippen LogP contribution in [-0.4, -0.2) is 8.42 Å². The number of halogens is 1. The third-order valence-electron chi connectivity index (χ3n) is 2.67. The molecule has 2 rings (SSSR count). The first-order valence-electron chi connectivity index (χ1n) is 5.54. The second kappa shape index (κ2) is 5.11. The van der Waals surface area contributed by atoms with Gasteiger partial charge in [-0.15, -0.1) is 0 Å². The third kappa shape index (κ3) is 2.83. The minimum absolute atomic E-state index is 0.0364. The average molecular weight is 297 g/mol. The lowest BCUT2D eigenvalue weighted by Crippen LogP contribution is -2.15. The minimum atomic E-state index is -3.75. The molecule has 0 heterocycles. The molecule has 0 saturated carbocycles. The van der Waals surface area contributed by atoms with Crippen molar-refractivity contribution in [3.63, 3.8) is 0 Å². The fraction of sp³-hybridized carbons (Fsp3) is 0.0769. The van der Waals surface area contributed by atoms with Crippen molar-refractivity contribution in [2.24, 2.45) is 0 Å². The zero-order chi connectivity index (χ0) is 14.0. The molecule has 0 amide bonds. The quantitative estimate of drug-likeness (QED) is 0.855. The topological polar surface area (TPSA) is 72.2 Å². The van der Waals surface area contributed by atoms with E-state index in [1.807, 2.05) is 0 Å². The van der Waals surface area contributed by atoms with E-state index in [0.29, 0.717) is 10.7 Å². The molecule has 0 atom stereocenters. The molecule has 100 valence electrons. The predicted molar refractivity (Wildman–Crippen MR) is 77.9 cm³/mol. The van der Waals surface area contributed by atoms with Gasteiger partial charge in [0.2, 0.25) is 0 Å². The van der Waals surface area contributed by atoms with Crippen LogP contribution in [0, 0.1) is 6.92 Å². The number of aryl methyl sites for hydroxylation is 1. The van der Waals surface area contributed by atoms with E-state index in [1.54, 1.807) is 37.3 Å². The molecule has 2 aromatic carbocycles. The van der Waals surface area contributed by atoms with Crippen molar-refractivity contribution in [1.82, 2.24) is 0 Å². The lowest BCUT2D eigenvalue weighted by Gasteiger charge is -2.13. The zero-order valence-corrected chi connectivity index (χ0v) is 11.8. The van der Waals surface area contributed by atoms with E-state index in [9.17, 15) is 8.42 Å².